The first kappa shape index (κ1) is 22.2. The number of aryl methyl sites for hydroxylation is 1. The van der Waals surface area contributed by atoms with Gasteiger partial charge in [-0.05, 0) is 48.9 Å². The molecule has 0 aliphatic rings. The van der Waals surface area contributed by atoms with Crippen LogP contribution in [-0.4, -0.2) is 24.5 Å². The van der Waals surface area contributed by atoms with Gasteiger partial charge < -0.3 is 5.32 Å². The lowest BCUT2D eigenvalue weighted by atomic mass is 10.1. The molecule has 1 heterocycles. The summed E-state index contributed by atoms with van der Waals surface area (Å²) in [5.74, 6) is -0.0905. The van der Waals surface area contributed by atoms with Crippen molar-refractivity contribution in [1.82, 2.24) is 14.9 Å². The van der Waals surface area contributed by atoms with Gasteiger partial charge >= 0.3 is 0 Å². The molecule has 166 valence electrons. The van der Waals surface area contributed by atoms with Crippen LogP contribution in [-0.2, 0) is 16.6 Å². The highest BCUT2D eigenvalue weighted by atomic mass is 32.2. The fourth-order valence-electron chi connectivity index (χ4n) is 3.15. The third-order valence-electron chi connectivity index (χ3n) is 4.96. The van der Waals surface area contributed by atoms with Crippen molar-refractivity contribution in [2.24, 2.45) is 0 Å². The lowest BCUT2D eigenvalue weighted by Gasteiger charge is -2.09. The molecular weight excluding hydrogens is 436 g/mol. The van der Waals surface area contributed by atoms with E-state index < -0.39 is 15.9 Å². The molecule has 1 aromatic heterocycles. The van der Waals surface area contributed by atoms with Crippen LogP contribution in [0.15, 0.2) is 95.9 Å². The van der Waals surface area contributed by atoms with Gasteiger partial charge in [-0.2, -0.15) is 0 Å². The zero-order valence-electron chi connectivity index (χ0n) is 17.9. The van der Waals surface area contributed by atoms with Gasteiger partial charge in [0.1, 0.15) is 5.82 Å². The number of carbonyl (C=O) groups is 1. The Balaban J connectivity index is 1.46. The number of carbonyl (C=O) groups excluding carboxylic acids is 1. The minimum absolute atomic E-state index is 0.0297. The maximum absolute atomic E-state index is 12.6. The summed E-state index contributed by atoms with van der Waals surface area (Å²) in [5.41, 5.74) is 3.48. The van der Waals surface area contributed by atoms with Gasteiger partial charge in [0.2, 0.25) is 0 Å². The van der Waals surface area contributed by atoms with E-state index in [1.165, 1.54) is 12.1 Å². The second kappa shape index (κ2) is 9.62. The summed E-state index contributed by atoms with van der Waals surface area (Å²) < 4.78 is 27.2. The quantitative estimate of drug-likeness (QED) is 0.431. The highest BCUT2D eigenvalue weighted by Crippen LogP contribution is 2.19. The topological polar surface area (TPSA) is 101 Å². The molecule has 0 radical (unpaired) electrons. The van der Waals surface area contributed by atoms with Gasteiger partial charge in [-0.3, -0.25) is 4.79 Å². The number of hydrogen-bond donors (Lipinski definition) is 2. The van der Waals surface area contributed by atoms with Crippen LogP contribution in [0.4, 0.5) is 5.82 Å². The van der Waals surface area contributed by atoms with Gasteiger partial charge in [-0.1, -0.05) is 60.2 Å². The minimum atomic E-state index is -3.97. The SMILES string of the molecule is Cc1ccc(S(=O)(=O)NC(=O)c2cccc(-c3ccc(NCc4ccccc4)nn3)c2)cc1. The van der Waals surface area contributed by atoms with Crippen LogP contribution < -0.4 is 10.0 Å². The number of anilines is 1. The Morgan fingerprint density at radius 1 is 0.848 bits per heavy atom. The van der Waals surface area contributed by atoms with Crippen molar-refractivity contribution in [3.8, 4) is 11.3 Å². The van der Waals surface area contributed by atoms with E-state index in [9.17, 15) is 13.2 Å². The van der Waals surface area contributed by atoms with Gasteiger partial charge in [0, 0.05) is 17.7 Å². The lowest BCUT2D eigenvalue weighted by molar-refractivity contribution is 0.0981. The molecule has 0 aliphatic heterocycles. The zero-order valence-corrected chi connectivity index (χ0v) is 18.7. The Hall–Kier alpha value is -4.04. The van der Waals surface area contributed by atoms with Crippen molar-refractivity contribution >= 4 is 21.7 Å². The molecule has 7 nitrogen and oxygen atoms in total. The van der Waals surface area contributed by atoms with E-state index >= 15 is 0 Å². The van der Waals surface area contributed by atoms with E-state index in [1.54, 1.807) is 48.5 Å². The van der Waals surface area contributed by atoms with Crippen LogP contribution in [0.1, 0.15) is 21.5 Å². The number of nitrogens with zero attached hydrogens (tertiary/aromatic N) is 2. The van der Waals surface area contributed by atoms with Crippen molar-refractivity contribution in [3.63, 3.8) is 0 Å². The first-order valence-corrected chi connectivity index (χ1v) is 11.7. The summed E-state index contributed by atoms with van der Waals surface area (Å²) in [7, 11) is -3.97. The summed E-state index contributed by atoms with van der Waals surface area (Å²) in [4.78, 5) is 12.7. The third-order valence-corrected chi connectivity index (χ3v) is 6.31. The average Bonchev–Trinajstić information content (AvgIpc) is 2.84. The molecular formula is C25H22N4O3S. The van der Waals surface area contributed by atoms with E-state index in [2.05, 4.69) is 20.2 Å². The smallest absolute Gasteiger partial charge is 0.265 e. The molecule has 0 saturated carbocycles. The Morgan fingerprint density at radius 3 is 2.30 bits per heavy atom. The molecule has 0 saturated heterocycles. The maximum Gasteiger partial charge on any atom is 0.265 e. The van der Waals surface area contributed by atoms with Crippen LogP contribution >= 0.6 is 0 Å². The summed E-state index contributed by atoms with van der Waals surface area (Å²) in [5, 5.41) is 11.6. The lowest BCUT2D eigenvalue weighted by Crippen LogP contribution is -2.30. The van der Waals surface area contributed by atoms with Gasteiger partial charge in [0.05, 0.1) is 10.6 Å². The number of benzene rings is 3. The van der Waals surface area contributed by atoms with E-state index in [0.717, 1.165) is 11.1 Å². The number of rotatable bonds is 7. The van der Waals surface area contributed by atoms with Crippen molar-refractivity contribution < 1.29 is 13.2 Å². The fraction of sp³-hybridized carbons (Fsp3) is 0.0800. The number of hydrogen-bond acceptors (Lipinski definition) is 6. The highest BCUT2D eigenvalue weighted by molar-refractivity contribution is 7.90. The van der Waals surface area contributed by atoms with Gasteiger partial charge in [-0.15, -0.1) is 10.2 Å². The number of aromatic nitrogens is 2. The first-order valence-electron chi connectivity index (χ1n) is 10.3. The molecule has 3 aromatic carbocycles. The van der Waals surface area contributed by atoms with Crippen molar-refractivity contribution in [2.45, 2.75) is 18.4 Å². The number of nitrogens with one attached hydrogen (secondary N) is 2. The van der Waals surface area contributed by atoms with E-state index in [1.807, 2.05) is 37.3 Å². The Morgan fingerprint density at radius 2 is 1.61 bits per heavy atom. The van der Waals surface area contributed by atoms with Gasteiger partial charge in [0.15, 0.2) is 0 Å². The number of sulfonamides is 1. The maximum atomic E-state index is 12.6. The average molecular weight is 459 g/mol. The summed E-state index contributed by atoms with van der Waals surface area (Å²) in [6.45, 7) is 2.48. The van der Waals surface area contributed by atoms with Crippen LogP contribution in [0.5, 0.6) is 0 Å². The Kier molecular flexibility index (Phi) is 6.46. The largest absolute Gasteiger partial charge is 0.365 e. The highest BCUT2D eigenvalue weighted by Gasteiger charge is 2.19. The van der Waals surface area contributed by atoms with E-state index in [0.29, 0.717) is 23.6 Å². The monoisotopic (exact) mass is 458 g/mol. The second-order valence-electron chi connectivity index (χ2n) is 7.47. The Labute approximate surface area is 192 Å². The minimum Gasteiger partial charge on any atom is -0.365 e. The predicted octanol–water partition coefficient (Wildman–Crippen LogP) is 4.18. The molecule has 1 amide bonds. The molecule has 0 bridgehead atoms. The van der Waals surface area contributed by atoms with Gasteiger partial charge in [0.25, 0.3) is 15.9 Å². The molecule has 4 rings (SSSR count). The molecule has 2 N–H and O–H groups in total. The fourth-order valence-corrected chi connectivity index (χ4v) is 4.12. The molecule has 0 unspecified atom stereocenters. The van der Waals surface area contributed by atoms with Crippen LogP contribution in [0.25, 0.3) is 11.3 Å². The molecule has 0 fully saturated rings. The molecule has 0 spiro atoms. The van der Waals surface area contributed by atoms with Crippen molar-refractivity contribution in [3.05, 3.63) is 108 Å². The standard InChI is InChI=1S/C25H22N4O3S/c1-18-10-12-22(13-11-18)33(31,32)29-25(30)21-9-5-8-20(16-21)23-14-15-24(28-27-23)26-17-19-6-3-2-4-7-19/h2-16H,17H2,1H3,(H,26,28)(H,29,30). The number of amides is 1. The summed E-state index contributed by atoms with van der Waals surface area (Å²) in [6, 6.07) is 26.4. The van der Waals surface area contributed by atoms with E-state index in [4.69, 9.17) is 0 Å². The summed E-state index contributed by atoms with van der Waals surface area (Å²) >= 11 is 0. The van der Waals surface area contributed by atoms with Gasteiger partial charge in [-0.25, -0.2) is 13.1 Å². The molecule has 0 aliphatic carbocycles. The van der Waals surface area contributed by atoms with E-state index in [-0.39, 0.29) is 10.5 Å². The second-order valence-corrected chi connectivity index (χ2v) is 9.15. The zero-order chi connectivity index (χ0) is 23.3. The van der Waals surface area contributed by atoms with Crippen LogP contribution in [0.2, 0.25) is 0 Å². The third kappa shape index (κ3) is 5.61. The van der Waals surface area contributed by atoms with Crippen molar-refractivity contribution in [2.75, 3.05) is 5.32 Å². The molecule has 33 heavy (non-hydrogen) atoms. The molecule has 4 aromatic rings. The first-order chi connectivity index (χ1) is 15.9. The summed E-state index contributed by atoms with van der Waals surface area (Å²) in [6.07, 6.45) is 0. The predicted molar refractivity (Wildman–Crippen MR) is 127 cm³/mol. The normalized spacial score (nSPS) is 11.1. The van der Waals surface area contributed by atoms with Crippen LogP contribution in [0, 0.1) is 6.92 Å². The van der Waals surface area contributed by atoms with Crippen LogP contribution in [0.3, 0.4) is 0 Å². The Bertz CT molecular complexity index is 1360. The molecule has 0 atom stereocenters. The molecule has 8 heteroatoms. The van der Waals surface area contributed by atoms with Crippen molar-refractivity contribution in [1.29, 1.82) is 0 Å².